The van der Waals surface area contributed by atoms with Crippen molar-refractivity contribution < 1.29 is 44.0 Å². The Morgan fingerprint density at radius 3 is 2.02 bits per heavy atom. The quantitative estimate of drug-likeness (QED) is 0.0632. The molecule has 0 radical (unpaired) electrons. The summed E-state index contributed by atoms with van der Waals surface area (Å²) in [6, 6.07) is 5.69. The second kappa shape index (κ2) is 22.8. The number of nitrogens with one attached hydrogen (secondary N) is 1. The number of amides is 1. The second-order valence-electron chi connectivity index (χ2n) is 12.8. The first-order valence-electron chi connectivity index (χ1n) is 17.5. The molecule has 1 fully saturated rings. The van der Waals surface area contributed by atoms with Crippen LogP contribution in [0, 0.1) is 11.8 Å². The number of ketones is 1. The van der Waals surface area contributed by atoms with E-state index < -0.39 is 48.1 Å². The van der Waals surface area contributed by atoms with E-state index in [0.29, 0.717) is 36.4 Å². The van der Waals surface area contributed by atoms with Gasteiger partial charge in [0.2, 0.25) is 5.91 Å². The van der Waals surface area contributed by atoms with Gasteiger partial charge in [0.1, 0.15) is 17.6 Å². The molecule has 0 bridgehead atoms. The number of rotatable bonds is 25. The Morgan fingerprint density at radius 2 is 1.45 bits per heavy atom. The Bertz CT molecular complexity index is 1140. The zero-order valence-electron chi connectivity index (χ0n) is 28.0. The zero-order chi connectivity index (χ0) is 34.4. The summed E-state index contributed by atoms with van der Waals surface area (Å²) in [6.45, 7) is 2.16. The highest BCUT2D eigenvalue weighted by atomic mass is 16.5. The lowest BCUT2D eigenvalue weighted by molar-refractivity contribution is -0.152. The number of hydrogen-bond donors (Lipinski definition) is 4. The van der Waals surface area contributed by atoms with Gasteiger partial charge in [-0.15, -0.1) is 0 Å². The molecule has 3 atom stereocenters. The molecule has 10 heteroatoms. The number of carbonyl (C=O) groups is 5. The number of benzene rings is 1. The first kappa shape index (κ1) is 39.5. The summed E-state index contributed by atoms with van der Waals surface area (Å²) >= 11 is 0. The van der Waals surface area contributed by atoms with Crippen LogP contribution >= 0.6 is 0 Å². The first-order chi connectivity index (χ1) is 22.6. The fourth-order valence-corrected chi connectivity index (χ4v) is 5.97. The summed E-state index contributed by atoms with van der Waals surface area (Å²) in [4.78, 5) is 60.9. The number of allylic oxidation sites excluding steroid dienone is 1. The highest BCUT2D eigenvalue weighted by Crippen LogP contribution is 2.24. The van der Waals surface area contributed by atoms with E-state index in [0.717, 1.165) is 64.2 Å². The fraction of sp³-hybridized carbons (Fsp3) is 0.649. The summed E-state index contributed by atoms with van der Waals surface area (Å²) in [5.74, 6) is -6.90. The van der Waals surface area contributed by atoms with Crippen LogP contribution in [-0.2, 0) is 30.4 Å². The molecule has 0 aromatic heterocycles. The third-order valence-corrected chi connectivity index (χ3v) is 8.76. The van der Waals surface area contributed by atoms with E-state index in [1.54, 1.807) is 30.3 Å². The van der Waals surface area contributed by atoms with Crippen LogP contribution in [0.25, 0.3) is 0 Å². The third kappa shape index (κ3) is 16.6. The number of hydrogen-bond acceptors (Lipinski definition) is 6. The monoisotopic (exact) mass is 657 g/mol. The van der Waals surface area contributed by atoms with Gasteiger partial charge in [-0.05, 0) is 69.1 Å². The van der Waals surface area contributed by atoms with Crippen molar-refractivity contribution in [2.75, 3.05) is 0 Å². The molecular weight excluding hydrogens is 602 g/mol. The molecule has 1 aromatic rings. The van der Waals surface area contributed by atoms with E-state index in [-0.39, 0.29) is 12.5 Å². The molecule has 1 amide bonds. The molecule has 1 aliphatic rings. The summed E-state index contributed by atoms with van der Waals surface area (Å²) in [7, 11) is 0. The summed E-state index contributed by atoms with van der Waals surface area (Å²) < 4.78 is 6.03. The Balaban J connectivity index is 1.92. The van der Waals surface area contributed by atoms with Crippen molar-refractivity contribution in [1.82, 2.24) is 5.32 Å². The summed E-state index contributed by atoms with van der Waals surface area (Å²) in [5, 5.41) is 31.4. The number of Topliss-reactive ketones (excluding diaryl/α,β-unsaturated/α-hetero) is 1. The average molecular weight is 658 g/mol. The lowest BCUT2D eigenvalue weighted by Gasteiger charge is -2.23. The number of unbranched alkanes of at least 4 members (excludes halogenated alkanes) is 8. The van der Waals surface area contributed by atoms with Crippen molar-refractivity contribution in [3.05, 3.63) is 42.0 Å². The lowest BCUT2D eigenvalue weighted by atomic mass is 9.87. The minimum absolute atomic E-state index is 0.0424. The Hall–Kier alpha value is -3.69. The van der Waals surface area contributed by atoms with Crippen LogP contribution in [0.15, 0.2) is 36.4 Å². The molecule has 47 heavy (non-hydrogen) atoms. The van der Waals surface area contributed by atoms with Crippen molar-refractivity contribution in [3.63, 3.8) is 0 Å². The Labute approximate surface area is 279 Å². The molecule has 1 saturated carbocycles. The van der Waals surface area contributed by atoms with E-state index in [1.165, 1.54) is 31.8 Å². The maximum atomic E-state index is 13.3. The largest absolute Gasteiger partial charge is 0.490 e. The van der Waals surface area contributed by atoms with E-state index >= 15 is 0 Å². The molecule has 0 heterocycles. The summed E-state index contributed by atoms with van der Waals surface area (Å²) in [6.07, 6.45) is 18.5. The van der Waals surface area contributed by atoms with Gasteiger partial charge in [-0.1, -0.05) is 76.2 Å². The van der Waals surface area contributed by atoms with Crippen LogP contribution in [-0.4, -0.2) is 57.1 Å². The van der Waals surface area contributed by atoms with Crippen molar-refractivity contribution in [1.29, 1.82) is 0 Å². The smallest absolute Gasteiger partial charge is 0.326 e. The van der Waals surface area contributed by atoms with Gasteiger partial charge in [0.25, 0.3) is 0 Å². The van der Waals surface area contributed by atoms with Crippen molar-refractivity contribution in [2.24, 2.45) is 11.8 Å². The average Bonchev–Trinajstić information content (AvgIpc) is 3.03. The lowest BCUT2D eigenvalue weighted by Crippen LogP contribution is -2.47. The van der Waals surface area contributed by atoms with E-state index in [9.17, 15) is 39.3 Å². The molecule has 0 aliphatic heterocycles. The predicted molar refractivity (Wildman–Crippen MR) is 179 cm³/mol. The molecule has 0 spiro atoms. The minimum atomic E-state index is -1.57. The van der Waals surface area contributed by atoms with Crippen molar-refractivity contribution in [3.8, 4) is 5.75 Å². The molecule has 262 valence electrons. The normalized spacial score (nSPS) is 15.5. The molecule has 1 aliphatic carbocycles. The molecule has 0 saturated heterocycles. The van der Waals surface area contributed by atoms with Gasteiger partial charge < -0.3 is 25.4 Å². The van der Waals surface area contributed by atoms with Gasteiger partial charge in [0.15, 0.2) is 0 Å². The third-order valence-electron chi connectivity index (χ3n) is 8.76. The Kier molecular flexibility index (Phi) is 19.1. The summed E-state index contributed by atoms with van der Waals surface area (Å²) in [5.41, 5.74) is 0.648. The molecule has 0 unspecified atom stereocenters. The molecular formula is C37H55NO9. The van der Waals surface area contributed by atoms with E-state index in [4.69, 9.17) is 4.74 Å². The van der Waals surface area contributed by atoms with Gasteiger partial charge in [-0.25, -0.2) is 4.79 Å². The molecule has 1 aromatic carbocycles. The highest BCUT2D eigenvalue weighted by Gasteiger charge is 2.35. The standard InChI is InChI=1S/C37H55NO9/c1-2-3-4-7-11-16-28(39)17-12-8-5-6-9-15-20-31(32(36(43)44)26-34(40)41)35(42)38-33(37(45)46)25-27-21-23-30(24-22-27)47-29-18-13-10-14-19-29/h15,20-24,29,31-33H,2-14,16-19,25-26H2,1H3,(H,38,42)(H,40,41)(H,43,44)(H,45,46)/b20-15+/t31-,32+,33-/m0/s1. The Morgan fingerprint density at radius 1 is 0.830 bits per heavy atom. The van der Waals surface area contributed by atoms with Gasteiger partial charge in [0.05, 0.1) is 24.4 Å². The van der Waals surface area contributed by atoms with Crippen LogP contribution in [0.4, 0.5) is 0 Å². The number of carboxylic acids is 3. The van der Waals surface area contributed by atoms with Crippen LogP contribution in [0.3, 0.4) is 0 Å². The highest BCUT2D eigenvalue weighted by molar-refractivity contribution is 5.91. The SMILES string of the molecule is CCCCCCCC(=O)CCCCCC/C=C/[C@H](C(=O)N[C@@H](Cc1ccc(OC2CCCCC2)cc1)C(=O)O)[C@@H](CC(=O)O)C(=O)O. The second-order valence-corrected chi connectivity index (χ2v) is 12.8. The number of aliphatic carboxylic acids is 3. The maximum absolute atomic E-state index is 13.3. The van der Waals surface area contributed by atoms with Gasteiger partial charge >= 0.3 is 17.9 Å². The van der Waals surface area contributed by atoms with Gasteiger partial charge in [-0.2, -0.15) is 0 Å². The van der Waals surface area contributed by atoms with Crippen LogP contribution in [0.2, 0.25) is 0 Å². The van der Waals surface area contributed by atoms with Crippen molar-refractivity contribution >= 4 is 29.6 Å². The van der Waals surface area contributed by atoms with Crippen LogP contribution < -0.4 is 10.1 Å². The van der Waals surface area contributed by atoms with Gasteiger partial charge in [0, 0.05) is 19.3 Å². The number of carbonyl (C=O) groups excluding carboxylic acids is 2. The topological polar surface area (TPSA) is 167 Å². The van der Waals surface area contributed by atoms with E-state index in [1.807, 2.05) is 0 Å². The minimum Gasteiger partial charge on any atom is -0.490 e. The first-order valence-corrected chi connectivity index (χ1v) is 17.5. The molecule has 4 N–H and O–H groups in total. The van der Waals surface area contributed by atoms with E-state index in [2.05, 4.69) is 12.2 Å². The van der Waals surface area contributed by atoms with Crippen LogP contribution in [0.1, 0.15) is 128 Å². The van der Waals surface area contributed by atoms with Crippen molar-refractivity contribution in [2.45, 2.75) is 141 Å². The predicted octanol–water partition coefficient (Wildman–Crippen LogP) is 7.13. The zero-order valence-corrected chi connectivity index (χ0v) is 28.0. The number of ether oxygens (including phenoxy) is 1. The molecule has 2 rings (SSSR count). The van der Waals surface area contributed by atoms with Gasteiger partial charge in [-0.3, -0.25) is 19.2 Å². The molecule has 10 nitrogen and oxygen atoms in total. The maximum Gasteiger partial charge on any atom is 0.326 e. The van der Waals surface area contributed by atoms with Crippen LogP contribution in [0.5, 0.6) is 5.75 Å². The fourth-order valence-electron chi connectivity index (χ4n) is 5.97. The number of carboxylic acid groups (broad SMARTS) is 3.